The fraction of sp³-hybridized carbons (Fsp3) is 0.361. The molecule has 11 heteroatoms. The Morgan fingerprint density at radius 1 is 0.915 bits per heavy atom. The van der Waals surface area contributed by atoms with Crippen LogP contribution in [0.2, 0.25) is 5.04 Å². The molecule has 47 heavy (non-hydrogen) atoms. The van der Waals surface area contributed by atoms with Crippen LogP contribution >= 0.6 is 0 Å². The van der Waals surface area contributed by atoms with Crippen molar-refractivity contribution in [1.82, 2.24) is 20.0 Å². The van der Waals surface area contributed by atoms with Crippen molar-refractivity contribution >= 4 is 40.3 Å². The van der Waals surface area contributed by atoms with Gasteiger partial charge in [-0.25, -0.2) is 13.1 Å². The molecule has 9 nitrogen and oxygen atoms in total. The molecule has 0 unspecified atom stereocenters. The third-order valence-corrected chi connectivity index (χ3v) is 15.5. The summed E-state index contributed by atoms with van der Waals surface area (Å²) in [6.45, 7) is 8.25. The average molecular weight is 673 g/mol. The molecule has 1 fully saturated rings. The predicted octanol–water partition coefficient (Wildman–Crippen LogP) is 3.55. The molecule has 0 saturated carbocycles. The van der Waals surface area contributed by atoms with E-state index in [4.69, 9.17) is 0 Å². The van der Waals surface area contributed by atoms with E-state index in [0.717, 1.165) is 27.4 Å². The number of hydrogen-bond donors (Lipinski definition) is 2. The van der Waals surface area contributed by atoms with Crippen LogP contribution in [-0.4, -0.2) is 78.7 Å². The van der Waals surface area contributed by atoms with Gasteiger partial charge in [-0.3, -0.25) is 9.59 Å². The Kier molecular flexibility index (Phi) is 10.2. The molecule has 3 aromatic carbocycles. The highest BCUT2D eigenvalue weighted by Gasteiger charge is 2.49. The molecule has 2 amide bonds. The number of carbonyl (C=O) groups excluding carboxylic acids is 2. The summed E-state index contributed by atoms with van der Waals surface area (Å²) in [7, 11) is -6.44. The Morgan fingerprint density at radius 3 is 1.98 bits per heavy atom. The van der Waals surface area contributed by atoms with E-state index in [-0.39, 0.29) is 36.4 Å². The lowest BCUT2D eigenvalue weighted by Crippen LogP contribution is -2.65. The van der Waals surface area contributed by atoms with Gasteiger partial charge in [-0.05, 0) is 72.4 Å². The summed E-state index contributed by atoms with van der Waals surface area (Å²) in [5.74, 6) is -0.851. The van der Waals surface area contributed by atoms with Crippen LogP contribution in [0.15, 0.2) is 91.0 Å². The minimum atomic E-state index is -3.25. The monoisotopic (exact) mass is 672 g/mol. The zero-order valence-electron chi connectivity index (χ0n) is 27.5. The fourth-order valence-electron chi connectivity index (χ4n) is 6.53. The van der Waals surface area contributed by atoms with Crippen LogP contribution in [0.1, 0.15) is 54.9 Å². The Hall–Kier alpha value is -4.06. The highest BCUT2D eigenvalue weighted by molar-refractivity contribution is 7.91. The fourth-order valence-corrected chi connectivity index (χ4v) is 11.5. The van der Waals surface area contributed by atoms with Crippen molar-refractivity contribution < 1.29 is 22.8 Å². The molecule has 248 valence electrons. The highest BCUT2D eigenvalue weighted by Crippen LogP contribution is 2.40. The smallest absolute Gasteiger partial charge is 0.258 e. The van der Waals surface area contributed by atoms with Crippen molar-refractivity contribution in [1.29, 1.82) is 0 Å². The maximum atomic E-state index is 13.8. The first kappa shape index (κ1) is 34.3. The van der Waals surface area contributed by atoms with Crippen LogP contribution < -0.4 is 15.7 Å². The van der Waals surface area contributed by atoms with Crippen molar-refractivity contribution in [2.75, 3.05) is 24.6 Å². The van der Waals surface area contributed by atoms with Crippen LogP contribution in [0, 0.1) is 13.8 Å². The summed E-state index contributed by atoms with van der Waals surface area (Å²) in [5, 5.41) is 8.77. The number of carbonyl (C=O) groups is 2. The van der Waals surface area contributed by atoms with Gasteiger partial charge < -0.3 is 15.0 Å². The van der Waals surface area contributed by atoms with Gasteiger partial charge >= 0.3 is 0 Å². The zero-order valence-corrected chi connectivity index (χ0v) is 29.3. The lowest BCUT2D eigenvalue weighted by molar-refractivity contribution is -0.133. The van der Waals surface area contributed by atoms with Gasteiger partial charge in [0.15, 0.2) is 9.84 Å². The molecule has 1 aliphatic heterocycles. The number of nitrogens with zero attached hydrogens (tertiary/aromatic N) is 3. The number of aryl methyl sites for hydroxylation is 2. The first-order valence-corrected chi connectivity index (χ1v) is 19.8. The molecule has 2 N–H and O–H groups in total. The summed E-state index contributed by atoms with van der Waals surface area (Å²) < 4.78 is 26.0. The Balaban J connectivity index is 1.35. The second kappa shape index (κ2) is 14.0. The zero-order chi connectivity index (χ0) is 33.8. The SMILES string of the molecule is Cc1cc(C)n(-c2ccc(C(=O)N[C@@H](CCCC(C)(C)[Si](O)(c3ccccc3)c3ccccc3)C(=O)N3CCS(=O)(=O)CC3)cc2)n1. The number of amides is 2. The summed E-state index contributed by atoms with van der Waals surface area (Å²) in [5.41, 5.74) is 3.11. The molecular formula is C36H44N4O5SSi. The molecule has 1 saturated heterocycles. The van der Waals surface area contributed by atoms with Gasteiger partial charge in [-0.2, -0.15) is 5.10 Å². The first-order valence-electron chi connectivity index (χ1n) is 16.1. The van der Waals surface area contributed by atoms with Crippen molar-refractivity contribution in [3.8, 4) is 5.69 Å². The lowest BCUT2D eigenvalue weighted by Gasteiger charge is -2.41. The van der Waals surface area contributed by atoms with Crippen LogP contribution in [-0.2, 0) is 14.6 Å². The second-order valence-corrected chi connectivity index (χ2v) is 19.3. The third-order valence-electron chi connectivity index (χ3n) is 9.30. The number of sulfone groups is 1. The van der Waals surface area contributed by atoms with Gasteiger partial charge in [0.1, 0.15) is 6.04 Å². The maximum Gasteiger partial charge on any atom is 0.258 e. The van der Waals surface area contributed by atoms with E-state index in [1.165, 1.54) is 0 Å². The van der Waals surface area contributed by atoms with E-state index >= 15 is 0 Å². The van der Waals surface area contributed by atoms with E-state index in [9.17, 15) is 22.8 Å². The molecule has 1 atom stereocenters. The number of benzene rings is 3. The van der Waals surface area contributed by atoms with Gasteiger partial charge in [0.2, 0.25) is 5.91 Å². The van der Waals surface area contributed by atoms with Gasteiger partial charge in [0.05, 0.1) is 22.9 Å². The topological polar surface area (TPSA) is 122 Å². The minimum absolute atomic E-state index is 0.0903. The Labute approximate surface area is 278 Å². The molecule has 0 bridgehead atoms. The molecule has 4 aromatic rings. The van der Waals surface area contributed by atoms with Crippen LogP contribution in [0.5, 0.6) is 0 Å². The predicted molar refractivity (Wildman–Crippen MR) is 188 cm³/mol. The van der Waals surface area contributed by atoms with E-state index in [1.807, 2.05) is 97.4 Å². The summed E-state index contributed by atoms with van der Waals surface area (Å²) in [6.07, 6.45) is 1.50. The molecular weight excluding hydrogens is 629 g/mol. The van der Waals surface area contributed by atoms with Crippen LogP contribution in [0.4, 0.5) is 0 Å². The molecule has 0 aliphatic carbocycles. The summed E-state index contributed by atoms with van der Waals surface area (Å²) in [4.78, 5) is 41.4. The first-order chi connectivity index (χ1) is 22.3. The molecule has 1 aromatic heterocycles. The van der Waals surface area contributed by atoms with Crippen molar-refractivity contribution in [3.05, 3.63) is 108 Å². The lowest BCUT2D eigenvalue weighted by atomic mass is 10.0. The highest BCUT2D eigenvalue weighted by atomic mass is 32.2. The third kappa shape index (κ3) is 7.58. The Bertz CT molecular complexity index is 1760. The molecule has 0 radical (unpaired) electrons. The summed E-state index contributed by atoms with van der Waals surface area (Å²) >= 11 is 0. The summed E-state index contributed by atoms with van der Waals surface area (Å²) in [6, 6.07) is 27.8. The van der Waals surface area contributed by atoms with Crippen molar-refractivity contribution in [2.24, 2.45) is 0 Å². The van der Waals surface area contributed by atoms with Crippen LogP contribution in [0.25, 0.3) is 5.69 Å². The molecule has 1 aliphatic rings. The Morgan fingerprint density at radius 2 is 1.47 bits per heavy atom. The van der Waals surface area contributed by atoms with E-state index in [0.29, 0.717) is 24.8 Å². The van der Waals surface area contributed by atoms with Gasteiger partial charge in [0, 0.05) is 24.3 Å². The molecule has 0 spiro atoms. The van der Waals surface area contributed by atoms with Gasteiger partial charge in [-0.1, -0.05) is 80.9 Å². The largest absolute Gasteiger partial charge is 0.424 e. The van der Waals surface area contributed by atoms with E-state index in [2.05, 4.69) is 24.3 Å². The normalized spacial score (nSPS) is 15.6. The minimum Gasteiger partial charge on any atom is -0.424 e. The van der Waals surface area contributed by atoms with Gasteiger partial charge in [0.25, 0.3) is 14.2 Å². The second-order valence-electron chi connectivity index (χ2n) is 13.1. The quantitative estimate of drug-likeness (QED) is 0.235. The maximum absolute atomic E-state index is 13.8. The van der Waals surface area contributed by atoms with E-state index < -0.39 is 29.2 Å². The van der Waals surface area contributed by atoms with E-state index in [1.54, 1.807) is 17.0 Å². The number of hydrogen-bond acceptors (Lipinski definition) is 6. The van der Waals surface area contributed by atoms with Crippen LogP contribution in [0.3, 0.4) is 0 Å². The van der Waals surface area contributed by atoms with Crippen molar-refractivity contribution in [2.45, 2.75) is 58.0 Å². The number of nitrogens with one attached hydrogen (secondary N) is 1. The molecule has 5 rings (SSSR count). The van der Waals surface area contributed by atoms with Crippen molar-refractivity contribution in [3.63, 3.8) is 0 Å². The van der Waals surface area contributed by atoms with Gasteiger partial charge in [-0.15, -0.1) is 0 Å². The standard InChI is InChI=1S/C36H44N4O5SSi/c1-27-26-28(2)40(38-27)30-19-17-29(18-20-30)34(41)37-33(35(42)39-22-24-46(43,44)25-23-39)16-11-21-36(3,4)47(45,31-12-7-5-8-13-31)32-14-9-6-10-15-32/h5-10,12-15,17-20,26,33,45H,11,16,21-25H2,1-4H3,(H,37,41)/t33-/m0/s1. The number of aromatic nitrogens is 2. The average Bonchev–Trinajstić information content (AvgIpc) is 3.41. The molecule has 2 heterocycles. The number of rotatable bonds is 11.